The van der Waals surface area contributed by atoms with Crippen LogP contribution in [0.15, 0.2) is 18.2 Å². The normalized spacial score (nSPS) is 16.2. The Labute approximate surface area is 102 Å². The number of nitrogens with one attached hydrogen (secondary N) is 1. The van der Waals surface area contributed by atoms with Crippen LogP contribution in [-0.2, 0) is 6.42 Å². The van der Waals surface area contributed by atoms with Crippen LogP contribution in [0.25, 0.3) is 0 Å². The first-order valence-corrected chi connectivity index (χ1v) is 6.25. The van der Waals surface area contributed by atoms with Gasteiger partial charge in [0.25, 0.3) is 0 Å². The average molecular weight is 237 g/mol. The van der Waals surface area contributed by atoms with Crippen LogP contribution in [0.3, 0.4) is 0 Å². The second-order valence-electron chi connectivity index (χ2n) is 4.42. The molecule has 1 saturated heterocycles. The second-order valence-corrected chi connectivity index (χ2v) is 4.42. The zero-order valence-electron chi connectivity index (χ0n) is 10.1. The summed E-state index contributed by atoms with van der Waals surface area (Å²) in [5.41, 5.74) is 7.21. The molecule has 0 spiro atoms. The Morgan fingerprint density at radius 2 is 2.06 bits per heavy atom. The van der Waals surface area contributed by atoms with Gasteiger partial charge in [-0.1, -0.05) is 6.07 Å². The molecule has 94 valence electrons. The van der Waals surface area contributed by atoms with Gasteiger partial charge in [-0.05, 0) is 37.1 Å². The molecule has 0 radical (unpaired) electrons. The van der Waals surface area contributed by atoms with Crippen molar-refractivity contribution in [1.82, 2.24) is 5.32 Å². The highest BCUT2D eigenvalue weighted by atomic mass is 19.1. The maximum Gasteiger partial charge on any atom is 0.146 e. The molecule has 1 fully saturated rings. The molecule has 0 aromatic heterocycles. The molecule has 0 aliphatic carbocycles. The van der Waals surface area contributed by atoms with Crippen molar-refractivity contribution in [2.24, 2.45) is 5.73 Å². The number of anilines is 1. The van der Waals surface area contributed by atoms with E-state index < -0.39 is 0 Å². The Bertz CT molecular complexity index is 362. The first-order chi connectivity index (χ1) is 8.31. The number of hydrogen-bond donors (Lipinski definition) is 2. The molecule has 3 nitrogen and oxygen atoms in total. The van der Waals surface area contributed by atoms with Crippen LogP contribution in [0.1, 0.15) is 12.0 Å². The number of benzene rings is 1. The molecule has 0 saturated carbocycles. The lowest BCUT2D eigenvalue weighted by Gasteiger charge is -2.29. The van der Waals surface area contributed by atoms with E-state index >= 15 is 0 Å². The molecule has 1 aliphatic heterocycles. The summed E-state index contributed by atoms with van der Waals surface area (Å²) in [5, 5.41) is 3.27. The highest BCUT2D eigenvalue weighted by Crippen LogP contribution is 2.21. The summed E-state index contributed by atoms with van der Waals surface area (Å²) < 4.78 is 14.0. The van der Waals surface area contributed by atoms with Crippen LogP contribution in [-0.4, -0.2) is 32.7 Å². The summed E-state index contributed by atoms with van der Waals surface area (Å²) >= 11 is 0. The van der Waals surface area contributed by atoms with Gasteiger partial charge in [0.05, 0.1) is 5.69 Å². The molecule has 2 rings (SSSR count). The number of rotatable bonds is 4. The molecule has 1 aromatic rings. The number of nitrogens with two attached hydrogens (primary N) is 1. The van der Waals surface area contributed by atoms with Gasteiger partial charge in [-0.3, -0.25) is 0 Å². The molecule has 3 N–H and O–H groups in total. The quantitative estimate of drug-likeness (QED) is 0.824. The molecule has 4 heteroatoms. The van der Waals surface area contributed by atoms with Crippen molar-refractivity contribution in [3.8, 4) is 0 Å². The summed E-state index contributed by atoms with van der Waals surface area (Å²) in [5.74, 6) is -0.110. The Kier molecular flexibility index (Phi) is 4.34. The number of hydrogen-bond acceptors (Lipinski definition) is 3. The van der Waals surface area contributed by atoms with Gasteiger partial charge in [-0.25, -0.2) is 4.39 Å². The van der Waals surface area contributed by atoms with Gasteiger partial charge < -0.3 is 16.0 Å². The third kappa shape index (κ3) is 3.17. The van der Waals surface area contributed by atoms with Crippen molar-refractivity contribution < 1.29 is 4.39 Å². The van der Waals surface area contributed by atoms with Crippen LogP contribution in [0.5, 0.6) is 0 Å². The second kappa shape index (κ2) is 5.98. The minimum Gasteiger partial charge on any atom is -0.367 e. The molecular weight excluding hydrogens is 217 g/mol. The number of nitrogens with zero attached hydrogens (tertiary/aromatic N) is 1. The lowest BCUT2D eigenvalue weighted by atomic mass is 10.1. The van der Waals surface area contributed by atoms with E-state index in [9.17, 15) is 4.39 Å². The van der Waals surface area contributed by atoms with Crippen molar-refractivity contribution in [1.29, 1.82) is 0 Å². The maximum atomic E-state index is 14.0. The standard InChI is InChI=1S/C13H20FN3/c14-12-10-11(2-1-5-15)3-4-13(12)17-8-6-16-7-9-17/h3-4,10,16H,1-2,5-9,15H2. The van der Waals surface area contributed by atoms with Gasteiger partial charge in [-0.15, -0.1) is 0 Å². The summed E-state index contributed by atoms with van der Waals surface area (Å²) in [4.78, 5) is 2.10. The van der Waals surface area contributed by atoms with Gasteiger partial charge in [-0.2, -0.15) is 0 Å². The molecule has 0 unspecified atom stereocenters. The maximum absolute atomic E-state index is 14.0. The average Bonchev–Trinajstić information content (AvgIpc) is 2.37. The van der Waals surface area contributed by atoms with Crippen molar-refractivity contribution in [2.45, 2.75) is 12.8 Å². The van der Waals surface area contributed by atoms with Gasteiger partial charge in [0.1, 0.15) is 5.82 Å². The van der Waals surface area contributed by atoms with E-state index in [4.69, 9.17) is 5.73 Å². The van der Waals surface area contributed by atoms with E-state index in [1.807, 2.05) is 12.1 Å². The van der Waals surface area contributed by atoms with Crippen LogP contribution >= 0.6 is 0 Å². The lowest BCUT2D eigenvalue weighted by Crippen LogP contribution is -2.43. The summed E-state index contributed by atoms with van der Waals surface area (Å²) in [7, 11) is 0. The predicted octanol–water partition coefficient (Wildman–Crippen LogP) is 1.13. The Morgan fingerprint density at radius 3 is 2.71 bits per heavy atom. The summed E-state index contributed by atoms with van der Waals surface area (Å²) in [6.07, 6.45) is 1.77. The Balaban J connectivity index is 2.07. The van der Waals surface area contributed by atoms with Crippen LogP contribution in [0.4, 0.5) is 10.1 Å². The summed E-state index contributed by atoms with van der Waals surface area (Å²) in [6.45, 7) is 4.25. The fraction of sp³-hybridized carbons (Fsp3) is 0.538. The van der Waals surface area contributed by atoms with E-state index in [1.165, 1.54) is 0 Å². The van der Waals surface area contributed by atoms with E-state index in [0.29, 0.717) is 6.54 Å². The fourth-order valence-electron chi connectivity index (χ4n) is 2.17. The van der Waals surface area contributed by atoms with Gasteiger partial charge >= 0.3 is 0 Å². The monoisotopic (exact) mass is 237 g/mol. The lowest BCUT2D eigenvalue weighted by molar-refractivity contribution is 0.565. The third-order valence-corrected chi connectivity index (χ3v) is 3.14. The fourth-order valence-corrected chi connectivity index (χ4v) is 2.17. The molecule has 0 bridgehead atoms. The molecule has 1 aliphatic rings. The first kappa shape index (κ1) is 12.3. The molecule has 17 heavy (non-hydrogen) atoms. The van der Waals surface area contributed by atoms with Gasteiger partial charge in [0, 0.05) is 26.2 Å². The molecule has 0 amide bonds. The number of aryl methyl sites for hydroxylation is 1. The minimum atomic E-state index is -0.110. The van der Waals surface area contributed by atoms with Crippen LogP contribution in [0, 0.1) is 5.82 Å². The van der Waals surface area contributed by atoms with Crippen LogP contribution in [0.2, 0.25) is 0 Å². The summed E-state index contributed by atoms with van der Waals surface area (Å²) in [6, 6.07) is 5.55. The largest absolute Gasteiger partial charge is 0.367 e. The molecular formula is C13H20FN3. The van der Waals surface area contributed by atoms with Crippen molar-refractivity contribution in [3.63, 3.8) is 0 Å². The van der Waals surface area contributed by atoms with E-state index in [2.05, 4.69) is 10.2 Å². The predicted molar refractivity (Wildman–Crippen MR) is 68.9 cm³/mol. The highest BCUT2D eigenvalue weighted by molar-refractivity contribution is 5.49. The van der Waals surface area contributed by atoms with Crippen molar-refractivity contribution in [2.75, 3.05) is 37.6 Å². The van der Waals surface area contributed by atoms with Crippen molar-refractivity contribution in [3.05, 3.63) is 29.6 Å². The van der Waals surface area contributed by atoms with Gasteiger partial charge in [0.2, 0.25) is 0 Å². The Hall–Kier alpha value is -1.13. The molecule has 1 heterocycles. The zero-order chi connectivity index (χ0) is 12.1. The number of piperazine rings is 1. The van der Waals surface area contributed by atoms with E-state index in [-0.39, 0.29) is 5.82 Å². The molecule has 0 atom stereocenters. The minimum absolute atomic E-state index is 0.110. The SMILES string of the molecule is NCCCc1ccc(N2CCNCC2)c(F)c1. The van der Waals surface area contributed by atoms with Crippen molar-refractivity contribution >= 4 is 5.69 Å². The van der Waals surface area contributed by atoms with E-state index in [1.54, 1.807) is 6.07 Å². The third-order valence-electron chi connectivity index (χ3n) is 3.14. The number of halogens is 1. The van der Waals surface area contributed by atoms with E-state index in [0.717, 1.165) is 50.3 Å². The highest BCUT2D eigenvalue weighted by Gasteiger charge is 2.14. The smallest absolute Gasteiger partial charge is 0.146 e. The zero-order valence-corrected chi connectivity index (χ0v) is 10.1. The van der Waals surface area contributed by atoms with Gasteiger partial charge in [0.15, 0.2) is 0 Å². The molecule has 1 aromatic carbocycles. The topological polar surface area (TPSA) is 41.3 Å². The first-order valence-electron chi connectivity index (χ1n) is 6.25. The Morgan fingerprint density at radius 1 is 1.29 bits per heavy atom. The van der Waals surface area contributed by atoms with Crippen LogP contribution < -0.4 is 16.0 Å².